The molecule has 0 aromatic rings. The van der Waals surface area contributed by atoms with Crippen LogP contribution in [0, 0.1) is 0 Å². The molecule has 3 nitrogen and oxygen atoms in total. The van der Waals surface area contributed by atoms with Crippen LogP contribution in [0.15, 0.2) is 0 Å². The van der Waals surface area contributed by atoms with Gasteiger partial charge >= 0.3 is 5.97 Å². The normalized spacial score (nSPS) is 8.55. The summed E-state index contributed by atoms with van der Waals surface area (Å²) in [5, 5.41) is 0. The van der Waals surface area contributed by atoms with Crippen LogP contribution in [0.4, 0.5) is 4.53 Å². The van der Waals surface area contributed by atoms with E-state index in [1.54, 1.807) is 0 Å². The first-order chi connectivity index (χ1) is 4.81. The summed E-state index contributed by atoms with van der Waals surface area (Å²) in [6.45, 7) is 2.09. The number of halogens is 1. The van der Waals surface area contributed by atoms with Crippen molar-refractivity contribution in [2.45, 2.75) is 39.0 Å². The molecule has 4 N–H and O–H groups in total. The van der Waals surface area contributed by atoms with Gasteiger partial charge in [-0.05, 0) is 6.42 Å². The summed E-state index contributed by atoms with van der Waals surface area (Å²) in [4.78, 5) is 11.6. The second kappa shape index (κ2) is 9.36. The Morgan fingerprint density at radius 2 is 2.00 bits per heavy atom. The highest BCUT2D eigenvalue weighted by Crippen LogP contribution is 2.02. The van der Waals surface area contributed by atoms with Crippen LogP contribution in [-0.4, -0.2) is 10.8 Å². The highest BCUT2D eigenvalue weighted by atomic mass is 19.3. The van der Waals surface area contributed by atoms with E-state index < -0.39 is 5.97 Å². The Labute approximate surface area is 66.4 Å². The minimum atomic E-state index is -0.504. The van der Waals surface area contributed by atoms with Gasteiger partial charge in [0.25, 0.3) is 0 Å². The van der Waals surface area contributed by atoms with Gasteiger partial charge in [0.15, 0.2) is 0 Å². The smallest absolute Gasteiger partial charge is 0.344 e. The summed E-state index contributed by atoms with van der Waals surface area (Å²) < 4.78 is 11.1. The van der Waals surface area contributed by atoms with Gasteiger partial charge in [-0.1, -0.05) is 31.1 Å². The molecule has 4 heteroatoms. The molecule has 0 spiro atoms. The fraction of sp³-hybridized carbons (Fsp3) is 0.857. The van der Waals surface area contributed by atoms with Crippen molar-refractivity contribution >= 4 is 5.97 Å². The second-order valence-corrected chi connectivity index (χ2v) is 2.28. The predicted molar refractivity (Wildman–Crippen MR) is 42.9 cm³/mol. The zero-order chi connectivity index (χ0) is 7.82. The molecule has 0 aliphatic carbocycles. The van der Waals surface area contributed by atoms with Crippen LogP contribution in [0.1, 0.15) is 39.0 Å². The van der Waals surface area contributed by atoms with Crippen molar-refractivity contribution in [2.24, 2.45) is 0 Å². The van der Waals surface area contributed by atoms with Crippen molar-refractivity contribution in [3.63, 3.8) is 0 Å². The van der Waals surface area contributed by atoms with E-state index in [2.05, 4.69) is 11.9 Å². The van der Waals surface area contributed by atoms with Gasteiger partial charge in [-0.25, -0.2) is 0 Å². The molecule has 0 aromatic heterocycles. The van der Waals surface area contributed by atoms with Crippen molar-refractivity contribution in [1.82, 2.24) is 6.15 Å². The predicted octanol–water partition coefficient (Wildman–Crippen LogP) is 2.52. The van der Waals surface area contributed by atoms with Gasteiger partial charge in [0.2, 0.25) is 0 Å². The lowest BCUT2D eigenvalue weighted by Gasteiger charge is -1.90. The second-order valence-electron chi connectivity index (χ2n) is 2.28. The molecule has 0 heterocycles. The molecule has 0 atom stereocenters. The summed E-state index contributed by atoms with van der Waals surface area (Å²) in [6.07, 6.45) is 4.39. The van der Waals surface area contributed by atoms with Crippen LogP contribution in [0.3, 0.4) is 0 Å². The molecule has 0 aliphatic rings. The highest BCUT2D eigenvalue weighted by molar-refractivity contribution is 5.69. The standard InChI is InChI=1S/C7H13FO2.H3N/c1-2-3-4-5-6-7(9)10-8;/h2-6H2,1H3;1H3/p+1. The number of hydrogen-bond donors (Lipinski definition) is 1. The molecule has 0 unspecified atom stereocenters. The third-order valence-corrected chi connectivity index (χ3v) is 1.33. The van der Waals surface area contributed by atoms with Crippen molar-refractivity contribution < 1.29 is 14.3 Å². The Balaban J connectivity index is 0. The first kappa shape index (κ1) is 13.0. The fourth-order valence-corrected chi connectivity index (χ4v) is 0.742. The molecule has 0 saturated heterocycles. The lowest BCUT2D eigenvalue weighted by Crippen LogP contribution is -1.96. The monoisotopic (exact) mass is 166 g/mol. The molecular weight excluding hydrogens is 149 g/mol. The van der Waals surface area contributed by atoms with E-state index in [0.717, 1.165) is 25.7 Å². The van der Waals surface area contributed by atoms with E-state index in [1.165, 1.54) is 0 Å². The molecular formula is C7H17FNO2+. The van der Waals surface area contributed by atoms with Gasteiger partial charge in [0, 0.05) is 0 Å². The van der Waals surface area contributed by atoms with E-state index in [9.17, 15) is 4.53 Å². The van der Waals surface area contributed by atoms with Gasteiger partial charge in [-0.15, -0.1) is 0 Å². The van der Waals surface area contributed by atoms with Crippen molar-refractivity contribution in [3.05, 3.63) is 0 Å². The SMILES string of the molecule is CCCCCCC(=[OH+])OF.N. The van der Waals surface area contributed by atoms with Crippen molar-refractivity contribution in [2.75, 3.05) is 0 Å². The van der Waals surface area contributed by atoms with E-state index in [-0.39, 0.29) is 6.15 Å². The molecule has 68 valence electrons. The summed E-state index contributed by atoms with van der Waals surface area (Å²) in [7, 11) is 0. The largest absolute Gasteiger partial charge is 0.536 e. The average molecular weight is 166 g/mol. The third kappa shape index (κ3) is 9.36. The molecule has 0 aromatic carbocycles. The molecule has 0 fully saturated rings. The minimum Gasteiger partial charge on any atom is -0.344 e. The van der Waals surface area contributed by atoms with Crippen LogP contribution in [0.2, 0.25) is 0 Å². The van der Waals surface area contributed by atoms with Crippen LogP contribution in [0.25, 0.3) is 0 Å². The zero-order valence-electron chi connectivity index (χ0n) is 6.98. The van der Waals surface area contributed by atoms with Gasteiger partial charge in [-0.2, -0.15) is 0 Å². The van der Waals surface area contributed by atoms with Gasteiger partial charge in [0.1, 0.15) is 10.9 Å². The average Bonchev–Trinajstić information content (AvgIpc) is 1.98. The maximum Gasteiger partial charge on any atom is 0.536 e. The Hall–Kier alpha value is -0.640. The Morgan fingerprint density at radius 3 is 2.45 bits per heavy atom. The number of hydrogen-bond acceptors (Lipinski definition) is 2. The van der Waals surface area contributed by atoms with Gasteiger partial charge in [-0.3, -0.25) is 0 Å². The molecule has 0 bridgehead atoms. The van der Waals surface area contributed by atoms with Crippen LogP contribution in [-0.2, 0) is 4.94 Å². The molecule has 0 amide bonds. The van der Waals surface area contributed by atoms with E-state index in [4.69, 9.17) is 4.79 Å². The van der Waals surface area contributed by atoms with Crippen LogP contribution < -0.4 is 6.15 Å². The first-order valence-corrected chi connectivity index (χ1v) is 3.64. The topological polar surface area (TPSA) is 65.6 Å². The molecule has 0 saturated carbocycles. The molecule has 11 heavy (non-hydrogen) atoms. The van der Waals surface area contributed by atoms with E-state index in [0.29, 0.717) is 6.42 Å². The Bertz CT molecular complexity index is 98.4. The number of rotatable bonds is 5. The lowest BCUT2D eigenvalue weighted by atomic mass is 10.2. The quantitative estimate of drug-likeness (QED) is 0.503. The Kier molecular flexibility index (Phi) is 11.1. The lowest BCUT2D eigenvalue weighted by molar-refractivity contribution is -0.0382. The van der Waals surface area contributed by atoms with E-state index in [1.807, 2.05) is 0 Å². The molecule has 0 aliphatic heterocycles. The minimum absolute atomic E-state index is 0. The molecule has 0 radical (unpaired) electrons. The third-order valence-electron chi connectivity index (χ3n) is 1.33. The van der Waals surface area contributed by atoms with Crippen molar-refractivity contribution in [3.8, 4) is 0 Å². The summed E-state index contributed by atoms with van der Waals surface area (Å²) in [5.74, 6) is -0.504. The van der Waals surface area contributed by atoms with Crippen LogP contribution in [0.5, 0.6) is 0 Å². The summed E-state index contributed by atoms with van der Waals surface area (Å²) >= 11 is 0. The first-order valence-electron chi connectivity index (χ1n) is 3.64. The maximum atomic E-state index is 11.1. The van der Waals surface area contributed by atoms with E-state index >= 15 is 0 Å². The van der Waals surface area contributed by atoms with Crippen molar-refractivity contribution in [1.29, 1.82) is 0 Å². The maximum absolute atomic E-state index is 11.1. The Morgan fingerprint density at radius 1 is 1.36 bits per heavy atom. The van der Waals surface area contributed by atoms with Gasteiger partial charge in [0.05, 0.1) is 0 Å². The highest BCUT2D eigenvalue weighted by Gasteiger charge is 2.11. The summed E-state index contributed by atoms with van der Waals surface area (Å²) in [5.41, 5.74) is 0. The summed E-state index contributed by atoms with van der Waals surface area (Å²) in [6, 6.07) is 0. The zero-order valence-corrected chi connectivity index (χ0v) is 6.98. The van der Waals surface area contributed by atoms with Gasteiger partial charge < -0.3 is 10.9 Å². The number of unbranched alkanes of at least 4 members (excludes halogenated alkanes) is 3. The number of carbonyl (C=O) groups excluding carboxylic acids is 1. The van der Waals surface area contributed by atoms with Crippen LogP contribution >= 0.6 is 0 Å². The molecule has 0 rings (SSSR count). The fourth-order valence-electron chi connectivity index (χ4n) is 0.742.